The Kier molecular flexibility index (Phi) is 4.62. The summed E-state index contributed by atoms with van der Waals surface area (Å²) in [4.78, 5) is 14.1. The Bertz CT molecular complexity index is 631. The Balaban J connectivity index is 2.26. The third-order valence-corrected chi connectivity index (χ3v) is 5.71. The first-order valence-corrected chi connectivity index (χ1v) is 8.88. The van der Waals surface area contributed by atoms with Gasteiger partial charge >= 0.3 is 0 Å². The fraction of sp³-hybridized carbons (Fsp3) is 0.462. The van der Waals surface area contributed by atoms with Gasteiger partial charge in [-0.15, -0.1) is 0 Å². The molecule has 0 aromatic heterocycles. The summed E-state index contributed by atoms with van der Waals surface area (Å²) in [5.74, 6) is -0.0932. The Morgan fingerprint density at radius 3 is 2.60 bits per heavy atom. The number of benzene rings is 1. The fourth-order valence-corrected chi connectivity index (χ4v) is 4.63. The molecule has 0 aliphatic carbocycles. The van der Waals surface area contributed by atoms with E-state index in [1.165, 1.54) is 6.07 Å². The molecule has 1 aliphatic heterocycles. The first-order valence-electron chi connectivity index (χ1n) is 6.30. The number of hydrogen-bond donors (Lipinski definition) is 0. The summed E-state index contributed by atoms with van der Waals surface area (Å²) in [5.41, 5.74) is 0.349. The molecule has 1 unspecified atom stereocenters. The summed E-state index contributed by atoms with van der Waals surface area (Å²) in [6, 6.07) is 4.40. The zero-order chi connectivity index (χ0) is 14.9. The molecule has 110 valence electrons. The van der Waals surface area contributed by atoms with Crippen molar-refractivity contribution in [2.24, 2.45) is 0 Å². The van der Waals surface area contributed by atoms with E-state index < -0.39 is 9.84 Å². The Labute approximate surface area is 128 Å². The number of carbonyl (C=O) groups is 1. The lowest BCUT2D eigenvalue weighted by Gasteiger charge is -2.27. The number of rotatable bonds is 3. The Morgan fingerprint density at radius 2 is 2.10 bits per heavy atom. The van der Waals surface area contributed by atoms with Crippen molar-refractivity contribution in [3.05, 3.63) is 33.8 Å². The predicted molar refractivity (Wildman–Crippen MR) is 80.2 cm³/mol. The van der Waals surface area contributed by atoms with Crippen molar-refractivity contribution in [3.8, 4) is 0 Å². The van der Waals surface area contributed by atoms with Gasteiger partial charge in [-0.2, -0.15) is 0 Å². The summed E-state index contributed by atoms with van der Waals surface area (Å²) in [7, 11) is -3.03. The monoisotopic (exact) mass is 335 g/mol. The summed E-state index contributed by atoms with van der Waals surface area (Å²) < 4.78 is 23.1. The quantitative estimate of drug-likeness (QED) is 0.853. The van der Waals surface area contributed by atoms with Crippen LogP contribution in [-0.4, -0.2) is 43.3 Å². The van der Waals surface area contributed by atoms with Gasteiger partial charge < -0.3 is 4.90 Å². The van der Waals surface area contributed by atoms with Crippen LogP contribution in [0.2, 0.25) is 10.0 Å². The first-order chi connectivity index (χ1) is 9.34. The van der Waals surface area contributed by atoms with Gasteiger partial charge in [0, 0.05) is 17.6 Å². The van der Waals surface area contributed by atoms with Crippen LogP contribution in [0.15, 0.2) is 18.2 Å². The zero-order valence-electron chi connectivity index (χ0n) is 11.0. The highest BCUT2D eigenvalue weighted by molar-refractivity contribution is 7.91. The Hall–Kier alpha value is -0.780. The summed E-state index contributed by atoms with van der Waals surface area (Å²) in [5, 5.41) is 0.736. The van der Waals surface area contributed by atoms with Crippen LogP contribution in [-0.2, 0) is 9.84 Å². The van der Waals surface area contributed by atoms with Gasteiger partial charge in [-0.25, -0.2) is 8.42 Å². The Morgan fingerprint density at radius 1 is 1.40 bits per heavy atom. The topological polar surface area (TPSA) is 54.5 Å². The van der Waals surface area contributed by atoms with Crippen molar-refractivity contribution in [2.75, 3.05) is 18.1 Å². The molecule has 2 rings (SSSR count). The molecule has 0 spiro atoms. The SMILES string of the molecule is CCN(C(=O)c1ccc(Cl)cc1Cl)C1CCS(=O)(=O)C1. The van der Waals surface area contributed by atoms with Crippen molar-refractivity contribution in [1.29, 1.82) is 0 Å². The molecule has 0 saturated carbocycles. The average molecular weight is 336 g/mol. The van der Waals surface area contributed by atoms with E-state index in [9.17, 15) is 13.2 Å². The lowest BCUT2D eigenvalue weighted by Crippen LogP contribution is -2.41. The van der Waals surface area contributed by atoms with E-state index in [1.54, 1.807) is 17.0 Å². The van der Waals surface area contributed by atoms with E-state index in [0.717, 1.165) is 0 Å². The van der Waals surface area contributed by atoms with Gasteiger partial charge in [0.05, 0.1) is 22.1 Å². The van der Waals surface area contributed by atoms with Crippen LogP contribution in [0.4, 0.5) is 0 Å². The first kappa shape index (κ1) is 15.6. The molecule has 1 amide bonds. The van der Waals surface area contributed by atoms with Crippen LogP contribution in [0.5, 0.6) is 0 Å². The second-order valence-corrected chi connectivity index (χ2v) is 7.84. The van der Waals surface area contributed by atoms with Gasteiger partial charge in [0.25, 0.3) is 5.91 Å². The maximum Gasteiger partial charge on any atom is 0.255 e. The van der Waals surface area contributed by atoms with E-state index in [2.05, 4.69) is 0 Å². The van der Waals surface area contributed by atoms with Gasteiger partial charge in [0.1, 0.15) is 0 Å². The van der Waals surface area contributed by atoms with Gasteiger partial charge in [-0.3, -0.25) is 4.79 Å². The van der Waals surface area contributed by atoms with Crippen LogP contribution < -0.4 is 0 Å². The smallest absolute Gasteiger partial charge is 0.255 e. The molecule has 0 radical (unpaired) electrons. The molecule has 7 heteroatoms. The zero-order valence-corrected chi connectivity index (χ0v) is 13.3. The highest BCUT2D eigenvalue weighted by atomic mass is 35.5. The molecule has 1 aromatic carbocycles. The van der Waals surface area contributed by atoms with Crippen LogP contribution in [0.25, 0.3) is 0 Å². The second kappa shape index (κ2) is 5.92. The fourth-order valence-electron chi connectivity index (χ4n) is 2.41. The van der Waals surface area contributed by atoms with Crippen LogP contribution in [0.3, 0.4) is 0 Å². The predicted octanol–water partition coefficient (Wildman–Crippen LogP) is 2.64. The molecule has 1 aromatic rings. The molecular weight excluding hydrogens is 321 g/mol. The van der Waals surface area contributed by atoms with E-state index in [4.69, 9.17) is 23.2 Å². The maximum absolute atomic E-state index is 12.5. The van der Waals surface area contributed by atoms with Crippen molar-refractivity contribution >= 4 is 38.9 Å². The van der Waals surface area contributed by atoms with Crippen LogP contribution >= 0.6 is 23.2 Å². The number of sulfone groups is 1. The van der Waals surface area contributed by atoms with Crippen LogP contribution in [0, 0.1) is 0 Å². The van der Waals surface area contributed by atoms with Gasteiger partial charge in [0.2, 0.25) is 0 Å². The second-order valence-electron chi connectivity index (χ2n) is 4.77. The molecule has 1 heterocycles. The molecule has 4 nitrogen and oxygen atoms in total. The highest BCUT2D eigenvalue weighted by Gasteiger charge is 2.34. The number of amides is 1. The summed E-state index contributed by atoms with van der Waals surface area (Å²) in [6.07, 6.45) is 0.479. The van der Waals surface area contributed by atoms with E-state index in [0.29, 0.717) is 23.6 Å². The largest absolute Gasteiger partial charge is 0.335 e. The van der Waals surface area contributed by atoms with Gasteiger partial charge in [0.15, 0.2) is 9.84 Å². The lowest BCUT2D eigenvalue weighted by molar-refractivity contribution is 0.0708. The van der Waals surface area contributed by atoms with Crippen molar-refractivity contribution < 1.29 is 13.2 Å². The standard InChI is InChI=1S/C13H15Cl2NO3S/c1-2-16(10-5-6-20(18,19)8-10)13(17)11-4-3-9(14)7-12(11)15/h3-4,7,10H,2,5-6,8H2,1H3. The van der Waals surface area contributed by atoms with Crippen molar-refractivity contribution in [1.82, 2.24) is 4.90 Å². The molecule has 1 aliphatic rings. The summed E-state index contributed by atoms with van der Waals surface area (Å²) >= 11 is 11.8. The van der Waals surface area contributed by atoms with Crippen molar-refractivity contribution in [3.63, 3.8) is 0 Å². The highest BCUT2D eigenvalue weighted by Crippen LogP contribution is 2.25. The van der Waals surface area contributed by atoms with E-state index in [1.807, 2.05) is 6.92 Å². The van der Waals surface area contributed by atoms with Gasteiger partial charge in [-0.05, 0) is 31.5 Å². The minimum absolute atomic E-state index is 0.0256. The number of nitrogens with zero attached hydrogens (tertiary/aromatic N) is 1. The molecule has 1 fully saturated rings. The molecule has 20 heavy (non-hydrogen) atoms. The molecule has 1 atom stereocenters. The molecule has 0 N–H and O–H groups in total. The number of halogens is 2. The minimum atomic E-state index is -3.03. The molecule has 1 saturated heterocycles. The minimum Gasteiger partial charge on any atom is -0.335 e. The van der Waals surface area contributed by atoms with E-state index >= 15 is 0 Å². The van der Waals surface area contributed by atoms with Crippen LogP contribution in [0.1, 0.15) is 23.7 Å². The molecular formula is C13H15Cl2NO3S. The van der Waals surface area contributed by atoms with Gasteiger partial charge in [-0.1, -0.05) is 23.2 Å². The number of carbonyl (C=O) groups excluding carboxylic acids is 1. The summed E-state index contributed by atoms with van der Waals surface area (Å²) in [6.45, 7) is 2.27. The maximum atomic E-state index is 12.5. The average Bonchev–Trinajstić information content (AvgIpc) is 2.70. The lowest BCUT2D eigenvalue weighted by atomic mass is 10.1. The third-order valence-electron chi connectivity index (χ3n) is 3.41. The number of hydrogen-bond acceptors (Lipinski definition) is 3. The van der Waals surface area contributed by atoms with E-state index in [-0.39, 0.29) is 28.5 Å². The normalized spacial score (nSPS) is 20.9. The van der Waals surface area contributed by atoms with Crippen molar-refractivity contribution in [2.45, 2.75) is 19.4 Å². The third kappa shape index (κ3) is 3.27. The molecule has 0 bridgehead atoms.